The highest BCUT2D eigenvalue weighted by Crippen LogP contribution is 2.15. The van der Waals surface area contributed by atoms with Crippen LogP contribution in [0.3, 0.4) is 0 Å². The first-order valence-electron chi connectivity index (χ1n) is 6.35. The lowest BCUT2D eigenvalue weighted by Gasteiger charge is -2.20. The minimum atomic E-state index is -0.541. The molecule has 0 radical (unpaired) electrons. The van der Waals surface area contributed by atoms with Crippen molar-refractivity contribution in [3.63, 3.8) is 0 Å². The number of furan rings is 1. The molecule has 4 nitrogen and oxygen atoms in total. The van der Waals surface area contributed by atoms with E-state index < -0.39 is 6.04 Å². The van der Waals surface area contributed by atoms with Crippen LogP contribution in [0.1, 0.15) is 11.3 Å². The van der Waals surface area contributed by atoms with Gasteiger partial charge in [-0.25, -0.2) is 0 Å². The van der Waals surface area contributed by atoms with Gasteiger partial charge < -0.3 is 15.1 Å². The number of amides is 1. The zero-order valence-electron chi connectivity index (χ0n) is 11.3. The van der Waals surface area contributed by atoms with Crippen molar-refractivity contribution in [1.29, 1.82) is 0 Å². The van der Waals surface area contributed by atoms with Crippen LogP contribution >= 0.6 is 15.9 Å². The molecular weight excluding hydrogens is 320 g/mol. The molecule has 1 amide bonds. The van der Waals surface area contributed by atoms with E-state index in [-0.39, 0.29) is 5.91 Å². The van der Waals surface area contributed by atoms with Crippen molar-refractivity contribution in [3.05, 3.63) is 58.5 Å². The maximum absolute atomic E-state index is 12.2. The van der Waals surface area contributed by atoms with Gasteiger partial charge in [-0.3, -0.25) is 4.79 Å². The highest BCUT2D eigenvalue weighted by atomic mass is 79.9. The van der Waals surface area contributed by atoms with Crippen molar-refractivity contribution in [2.75, 3.05) is 7.05 Å². The first-order valence-corrected chi connectivity index (χ1v) is 7.14. The van der Waals surface area contributed by atoms with E-state index in [1.807, 2.05) is 36.4 Å². The van der Waals surface area contributed by atoms with E-state index in [0.717, 1.165) is 11.3 Å². The zero-order valence-corrected chi connectivity index (χ0v) is 12.8. The van der Waals surface area contributed by atoms with Crippen LogP contribution in [0.15, 0.2) is 51.6 Å². The molecule has 2 rings (SSSR count). The van der Waals surface area contributed by atoms with Crippen molar-refractivity contribution >= 4 is 21.8 Å². The summed E-state index contributed by atoms with van der Waals surface area (Å²) in [5.74, 6) is 0.626. The van der Waals surface area contributed by atoms with Crippen molar-refractivity contribution < 1.29 is 9.21 Å². The lowest BCUT2D eigenvalue weighted by atomic mass is 10.1. The second-order valence-electron chi connectivity index (χ2n) is 4.70. The first kappa shape index (κ1) is 14.8. The Kier molecular flexibility index (Phi) is 4.98. The molecule has 1 heterocycles. The molecule has 0 aliphatic rings. The summed E-state index contributed by atoms with van der Waals surface area (Å²) in [5.41, 5.74) is 7.04. The van der Waals surface area contributed by atoms with E-state index in [0.29, 0.717) is 17.6 Å². The predicted molar refractivity (Wildman–Crippen MR) is 81.0 cm³/mol. The van der Waals surface area contributed by atoms with Crippen molar-refractivity contribution in [2.45, 2.75) is 19.0 Å². The number of carbonyl (C=O) groups is 1. The summed E-state index contributed by atoms with van der Waals surface area (Å²) in [6.07, 6.45) is 0.534. The summed E-state index contributed by atoms with van der Waals surface area (Å²) in [6.45, 7) is 0.410. The van der Waals surface area contributed by atoms with E-state index in [1.54, 1.807) is 18.0 Å². The molecule has 1 unspecified atom stereocenters. The van der Waals surface area contributed by atoms with Crippen LogP contribution in [-0.2, 0) is 17.8 Å². The Morgan fingerprint density at radius 2 is 2.00 bits per heavy atom. The maximum Gasteiger partial charge on any atom is 0.239 e. The molecule has 0 spiro atoms. The van der Waals surface area contributed by atoms with E-state index in [1.165, 1.54) is 0 Å². The lowest BCUT2D eigenvalue weighted by Crippen LogP contribution is -2.42. The highest BCUT2D eigenvalue weighted by Gasteiger charge is 2.19. The maximum atomic E-state index is 12.2. The zero-order chi connectivity index (χ0) is 14.5. The van der Waals surface area contributed by atoms with Crippen LogP contribution < -0.4 is 5.73 Å². The average molecular weight is 337 g/mol. The first-order chi connectivity index (χ1) is 9.56. The van der Waals surface area contributed by atoms with E-state index in [9.17, 15) is 4.79 Å². The Labute approximate surface area is 126 Å². The molecule has 0 bridgehead atoms. The molecule has 0 saturated carbocycles. The van der Waals surface area contributed by atoms with Gasteiger partial charge in [0.25, 0.3) is 0 Å². The third-order valence-corrected chi connectivity index (χ3v) is 3.44. The van der Waals surface area contributed by atoms with Gasteiger partial charge in [0, 0.05) is 7.05 Å². The molecule has 5 heteroatoms. The van der Waals surface area contributed by atoms with Crippen LogP contribution in [0.2, 0.25) is 0 Å². The minimum Gasteiger partial charge on any atom is -0.452 e. The van der Waals surface area contributed by atoms with Gasteiger partial charge in [-0.2, -0.15) is 0 Å². The number of nitrogens with zero attached hydrogens (tertiary/aromatic N) is 1. The predicted octanol–water partition coefficient (Wildman–Crippen LogP) is 2.57. The molecule has 0 fully saturated rings. The van der Waals surface area contributed by atoms with Crippen LogP contribution in [0.4, 0.5) is 0 Å². The van der Waals surface area contributed by atoms with Crippen LogP contribution in [0.5, 0.6) is 0 Å². The van der Waals surface area contributed by atoms with Gasteiger partial charge in [0.15, 0.2) is 4.67 Å². The molecule has 1 aromatic carbocycles. The van der Waals surface area contributed by atoms with Gasteiger partial charge in [-0.1, -0.05) is 30.3 Å². The number of hydrogen-bond donors (Lipinski definition) is 1. The average Bonchev–Trinajstić information content (AvgIpc) is 2.84. The summed E-state index contributed by atoms with van der Waals surface area (Å²) >= 11 is 3.24. The summed E-state index contributed by atoms with van der Waals surface area (Å²) in [7, 11) is 1.73. The normalized spacial score (nSPS) is 12.2. The molecule has 1 aromatic heterocycles. The topological polar surface area (TPSA) is 59.5 Å². The number of nitrogens with two attached hydrogens (primary N) is 1. The fourth-order valence-electron chi connectivity index (χ4n) is 1.99. The van der Waals surface area contributed by atoms with Gasteiger partial charge in [0.2, 0.25) is 5.91 Å². The molecule has 106 valence electrons. The fourth-order valence-corrected chi connectivity index (χ4v) is 2.33. The number of halogens is 1. The largest absolute Gasteiger partial charge is 0.452 e. The van der Waals surface area contributed by atoms with Gasteiger partial charge >= 0.3 is 0 Å². The van der Waals surface area contributed by atoms with Gasteiger partial charge in [-0.05, 0) is 40.0 Å². The van der Waals surface area contributed by atoms with Crippen LogP contribution in [0.25, 0.3) is 0 Å². The molecule has 2 aromatic rings. The van der Waals surface area contributed by atoms with Crippen LogP contribution in [0, 0.1) is 0 Å². The fraction of sp³-hybridized carbons (Fsp3) is 0.267. The number of likely N-dealkylation sites (N-methyl/N-ethyl adjacent to an activating group) is 1. The van der Waals surface area contributed by atoms with E-state index >= 15 is 0 Å². The molecule has 2 N–H and O–H groups in total. The smallest absolute Gasteiger partial charge is 0.239 e. The lowest BCUT2D eigenvalue weighted by molar-refractivity contribution is -0.132. The van der Waals surface area contributed by atoms with E-state index in [4.69, 9.17) is 10.2 Å². The van der Waals surface area contributed by atoms with Crippen molar-refractivity contribution in [2.24, 2.45) is 5.73 Å². The van der Waals surface area contributed by atoms with E-state index in [2.05, 4.69) is 15.9 Å². The molecule has 0 saturated heterocycles. The third kappa shape index (κ3) is 3.95. The van der Waals surface area contributed by atoms with Gasteiger partial charge in [-0.15, -0.1) is 0 Å². The number of hydrogen-bond acceptors (Lipinski definition) is 3. The summed E-state index contributed by atoms with van der Waals surface area (Å²) in [4.78, 5) is 13.8. The second kappa shape index (κ2) is 6.72. The third-order valence-electron chi connectivity index (χ3n) is 3.01. The second-order valence-corrected chi connectivity index (χ2v) is 5.48. The minimum absolute atomic E-state index is 0.0959. The van der Waals surface area contributed by atoms with Crippen molar-refractivity contribution in [1.82, 2.24) is 4.90 Å². The van der Waals surface area contributed by atoms with Crippen molar-refractivity contribution in [3.8, 4) is 0 Å². The molecule has 0 aliphatic carbocycles. The molecule has 20 heavy (non-hydrogen) atoms. The molecule has 1 atom stereocenters. The molecule has 0 aliphatic heterocycles. The number of carbonyl (C=O) groups excluding carboxylic acids is 1. The highest BCUT2D eigenvalue weighted by molar-refractivity contribution is 9.10. The van der Waals surface area contributed by atoms with Gasteiger partial charge in [0.05, 0.1) is 12.6 Å². The Balaban J connectivity index is 1.92. The Bertz CT molecular complexity index is 568. The monoisotopic (exact) mass is 336 g/mol. The summed E-state index contributed by atoms with van der Waals surface area (Å²) in [5, 5.41) is 0. The molecular formula is C15H17BrN2O2. The number of rotatable bonds is 5. The quantitative estimate of drug-likeness (QED) is 0.912. The Hall–Kier alpha value is -1.59. The SMILES string of the molecule is CN(Cc1ccc(Br)o1)C(=O)C(N)Cc1ccccc1. The summed E-state index contributed by atoms with van der Waals surface area (Å²) < 4.78 is 6.04. The number of benzene rings is 1. The summed E-state index contributed by atoms with van der Waals surface area (Å²) in [6, 6.07) is 12.9. The Morgan fingerprint density at radius 3 is 2.60 bits per heavy atom. The van der Waals surface area contributed by atoms with Crippen LogP contribution in [-0.4, -0.2) is 23.9 Å². The van der Waals surface area contributed by atoms with Gasteiger partial charge in [0.1, 0.15) is 5.76 Å². The standard InChI is InChI=1S/C15H17BrN2O2/c1-18(10-12-7-8-14(16)20-12)15(19)13(17)9-11-5-3-2-4-6-11/h2-8,13H,9-10,17H2,1H3. The Morgan fingerprint density at radius 1 is 1.30 bits per heavy atom.